The Morgan fingerprint density at radius 2 is 2.19 bits per heavy atom. The zero-order valence-corrected chi connectivity index (χ0v) is 10.6. The van der Waals surface area contributed by atoms with Crippen LogP contribution in [0.4, 0.5) is 4.39 Å². The predicted molar refractivity (Wildman–Crippen MR) is 66.4 cm³/mol. The summed E-state index contributed by atoms with van der Waals surface area (Å²) < 4.78 is 23.8. The third kappa shape index (κ3) is 4.86. The molecule has 0 fully saturated rings. The van der Waals surface area contributed by atoms with Crippen LogP contribution in [-0.4, -0.2) is 22.8 Å². The highest BCUT2D eigenvalue weighted by Crippen LogP contribution is 2.08. The molecule has 1 atom stereocenters. The van der Waals surface area contributed by atoms with E-state index in [1.165, 1.54) is 6.07 Å². The van der Waals surface area contributed by atoms with E-state index in [1.54, 1.807) is 19.2 Å². The second kappa shape index (κ2) is 6.76. The Bertz CT molecular complexity index is 368. The summed E-state index contributed by atoms with van der Waals surface area (Å²) in [6, 6.07) is 5.13. The van der Waals surface area contributed by atoms with Crippen molar-refractivity contribution in [2.45, 2.75) is 19.9 Å². The summed E-state index contributed by atoms with van der Waals surface area (Å²) in [5.74, 6) is 0.570. The molecular weight excluding hydrogens is 225 g/mol. The van der Waals surface area contributed by atoms with Crippen molar-refractivity contribution in [2.24, 2.45) is 0 Å². The average molecular weight is 243 g/mol. The molecule has 0 saturated carbocycles. The van der Waals surface area contributed by atoms with Crippen molar-refractivity contribution >= 4 is 10.8 Å². The van der Waals surface area contributed by atoms with Gasteiger partial charge in [-0.15, -0.1) is 0 Å². The first-order valence-electron chi connectivity index (χ1n) is 5.35. The van der Waals surface area contributed by atoms with Crippen molar-refractivity contribution in [3.8, 4) is 0 Å². The van der Waals surface area contributed by atoms with Gasteiger partial charge in [0.15, 0.2) is 0 Å². The number of nitrogens with one attached hydrogen (secondary N) is 1. The Hall–Kier alpha value is -0.740. The summed E-state index contributed by atoms with van der Waals surface area (Å²) >= 11 is 0. The van der Waals surface area contributed by atoms with Gasteiger partial charge in [-0.05, 0) is 37.1 Å². The van der Waals surface area contributed by atoms with Gasteiger partial charge in [-0.1, -0.05) is 12.1 Å². The fourth-order valence-electron chi connectivity index (χ4n) is 1.45. The van der Waals surface area contributed by atoms with E-state index in [0.717, 1.165) is 30.8 Å². The molecule has 0 amide bonds. The second-order valence-corrected chi connectivity index (χ2v) is 5.45. The average Bonchev–Trinajstić information content (AvgIpc) is 2.22. The van der Waals surface area contributed by atoms with Crippen LogP contribution in [0.3, 0.4) is 0 Å². The Morgan fingerprint density at radius 1 is 1.44 bits per heavy atom. The van der Waals surface area contributed by atoms with E-state index in [4.69, 9.17) is 0 Å². The molecule has 0 aromatic heterocycles. The highest BCUT2D eigenvalue weighted by atomic mass is 32.2. The standard InChI is InChI=1S/C12H18FNOS/c1-10-8-11(4-5-12(10)13)9-14-6-3-7-16(2)15/h4-5,8,14H,3,6-7,9H2,1-2H3. The molecule has 1 unspecified atom stereocenters. The van der Waals surface area contributed by atoms with Gasteiger partial charge in [0.1, 0.15) is 5.82 Å². The van der Waals surface area contributed by atoms with Crippen LogP contribution in [-0.2, 0) is 17.3 Å². The number of benzene rings is 1. The summed E-state index contributed by atoms with van der Waals surface area (Å²) in [5.41, 5.74) is 1.76. The molecule has 1 rings (SSSR count). The molecule has 4 heteroatoms. The maximum atomic E-state index is 13.0. The van der Waals surface area contributed by atoms with Crippen LogP contribution in [0.2, 0.25) is 0 Å². The lowest BCUT2D eigenvalue weighted by Gasteiger charge is -2.05. The molecule has 0 aliphatic heterocycles. The smallest absolute Gasteiger partial charge is 0.126 e. The molecule has 16 heavy (non-hydrogen) atoms. The van der Waals surface area contributed by atoms with Crippen molar-refractivity contribution in [3.05, 3.63) is 35.1 Å². The van der Waals surface area contributed by atoms with E-state index in [-0.39, 0.29) is 5.82 Å². The second-order valence-electron chi connectivity index (χ2n) is 3.89. The van der Waals surface area contributed by atoms with E-state index in [9.17, 15) is 8.60 Å². The molecule has 2 nitrogen and oxygen atoms in total. The summed E-state index contributed by atoms with van der Waals surface area (Å²) in [4.78, 5) is 0. The van der Waals surface area contributed by atoms with Crippen LogP contribution in [0.15, 0.2) is 18.2 Å². The highest BCUT2D eigenvalue weighted by Gasteiger charge is 1.98. The quantitative estimate of drug-likeness (QED) is 0.774. The molecule has 1 aromatic carbocycles. The van der Waals surface area contributed by atoms with Crippen LogP contribution in [0, 0.1) is 12.7 Å². The topological polar surface area (TPSA) is 29.1 Å². The van der Waals surface area contributed by atoms with Gasteiger partial charge in [0, 0.05) is 29.4 Å². The Kier molecular flexibility index (Phi) is 5.63. The largest absolute Gasteiger partial charge is 0.313 e. The van der Waals surface area contributed by atoms with Gasteiger partial charge in [-0.3, -0.25) is 4.21 Å². The number of rotatable bonds is 6. The summed E-state index contributed by atoms with van der Waals surface area (Å²) in [7, 11) is -0.710. The lowest BCUT2D eigenvalue weighted by molar-refractivity contribution is 0.615. The van der Waals surface area contributed by atoms with Crippen molar-refractivity contribution in [2.75, 3.05) is 18.6 Å². The maximum absolute atomic E-state index is 13.0. The van der Waals surface area contributed by atoms with Crippen molar-refractivity contribution in [1.29, 1.82) is 0 Å². The van der Waals surface area contributed by atoms with Crippen LogP contribution >= 0.6 is 0 Å². The van der Waals surface area contributed by atoms with Crippen molar-refractivity contribution < 1.29 is 8.60 Å². The molecular formula is C12H18FNOS. The van der Waals surface area contributed by atoms with E-state index >= 15 is 0 Å². The predicted octanol–water partition coefficient (Wildman–Crippen LogP) is 1.99. The number of hydrogen-bond acceptors (Lipinski definition) is 2. The van der Waals surface area contributed by atoms with E-state index in [2.05, 4.69) is 5.32 Å². The Labute approximate surface area is 98.7 Å². The van der Waals surface area contributed by atoms with Gasteiger partial charge in [-0.25, -0.2) is 4.39 Å². The molecule has 0 heterocycles. The van der Waals surface area contributed by atoms with Crippen LogP contribution < -0.4 is 5.32 Å². The third-order valence-corrected chi connectivity index (χ3v) is 3.20. The maximum Gasteiger partial charge on any atom is 0.126 e. The van der Waals surface area contributed by atoms with Gasteiger partial charge < -0.3 is 5.32 Å². The number of aryl methyl sites for hydroxylation is 1. The molecule has 0 aliphatic carbocycles. The first kappa shape index (κ1) is 13.3. The third-order valence-electron chi connectivity index (χ3n) is 2.34. The van der Waals surface area contributed by atoms with E-state index in [1.807, 2.05) is 6.07 Å². The van der Waals surface area contributed by atoms with Crippen LogP contribution in [0.5, 0.6) is 0 Å². The molecule has 0 radical (unpaired) electrons. The molecule has 1 N–H and O–H groups in total. The van der Waals surface area contributed by atoms with E-state index in [0.29, 0.717) is 5.56 Å². The van der Waals surface area contributed by atoms with Crippen LogP contribution in [0.1, 0.15) is 17.5 Å². The minimum atomic E-state index is -0.710. The molecule has 1 aromatic rings. The van der Waals surface area contributed by atoms with Crippen LogP contribution in [0.25, 0.3) is 0 Å². The first-order valence-corrected chi connectivity index (χ1v) is 7.08. The van der Waals surface area contributed by atoms with Gasteiger partial charge in [0.25, 0.3) is 0 Å². The lowest BCUT2D eigenvalue weighted by Crippen LogP contribution is -2.16. The monoisotopic (exact) mass is 243 g/mol. The zero-order valence-electron chi connectivity index (χ0n) is 9.75. The fourth-order valence-corrected chi connectivity index (χ4v) is 2.00. The van der Waals surface area contributed by atoms with Gasteiger partial charge >= 0.3 is 0 Å². The molecule has 0 saturated heterocycles. The molecule has 0 spiro atoms. The summed E-state index contributed by atoms with van der Waals surface area (Å²) in [6.07, 6.45) is 2.62. The molecule has 90 valence electrons. The Morgan fingerprint density at radius 3 is 2.81 bits per heavy atom. The number of hydrogen-bond donors (Lipinski definition) is 1. The van der Waals surface area contributed by atoms with E-state index < -0.39 is 10.8 Å². The molecule has 0 aliphatic rings. The normalized spacial score (nSPS) is 12.7. The Balaban J connectivity index is 2.27. The van der Waals surface area contributed by atoms with Gasteiger partial charge in [0.2, 0.25) is 0 Å². The SMILES string of the molecule is Cc1cc(CNCCCS(C)=O)ccc1F. The number of halogens is 1. The van der Waals surface area contributed by atoms with Gasteiger partial charge in [0.05, 0.1) is 0 Å². The lowest BCUT2D eigenvalue weighted by atomic mass is 10.1. The first-order chi connectivity index (χ1) is 7.59. The zero-order chi connectivity index (χ0) is 12.0. The minimum absolute atomic E-state index is 0.162. The van der Waals surface area contributed by atoms with Gasteiger partial charge in [-0.2, -0.15) is 0 Å². The van der Waals surface area contributed by atoms with Crippen molar-refractivity contribution in [1.82, 2.24) is 5.32 Å². The highest BCUT2D eigenvalue weighted by molar-refractivity contribution is 7.84. The van der Waals surface area contributed by atoms with Crippen molar-refractivity contribution in [3.63, 3.8) is 0 Å². The summed E-state index contributed by atoms with van der Waals surface area (Å²) in [6.45, 7) is 3.34. The molecule has 0 bridgehead atoms. The fraction of sp³-hybridized carbons (Fsp3) is 0.500. The summed E-state index contributed by atoms with van der Waals surface area (Å²) in [5, 5.41) is 3.25. The minimum Gasteiger partial charge on any atom is -0.313 e.